The second-order valence-corrected chi connectivity index (χ2v) is 5.25. The Hall–Kier alpha value is -1.13. The van der Waals surface area contributed by atoms with Gasteiger partial charge in [0.1, 0.15) is 5.82 Å². The number of hydrogen-bond acceptors (Lipinski definition) is 2. The summed E-state index contributed by atoms with van der Waals surface area (Å²) >= 11 is 6.05. The molecule has 1 aliphatic heterocycles. The summed E-state index contributed by atoms with van der Waals surface area (Å²) in [6.07, 6.45) is 1.13. The SMILES string of the molecule is COCCN1CC(Cc2cc(F)ccc2Cl)CC1=O. The van der Waals surface area contributed by atoms with Crippen molar-refractivity contribution >= 4 is 17.5 Å². The van der Waals surface area contributed by atoms with Gasteiger partial charge in [0.05, 0.1) is 6.61 Å². The molecular formula is C14H17ClFNO2. The fourth-order valence-electron chi connectivity index (χ4n) is 2.42. The Kier molecular flexibility index (Phi) is 4.77. The van der Waals surface area contributed by atoms with E-state index in [4.69, 9.17) is 16.3 Å². The predicted octanol–water partition coefficient (Wildman–Crippen LogP) is 2.52. The Balaban J connectivity index is 1.97. The molecule has 1 unspecified atom stereocenters. The van der Waals surface area contributed by atoms with Crippen LogP contribution in [0.1, 0.15) is 12.0 Å². The molecule has 1 fully saturated rings. The molecule has 1 aliphatic rings. The number of halogens is 2. The predicted molar refractivity (Wildman–Crippen MR) is 71.7 cm³/mol. The van der Waals surface area contributed by atoms with Crippen molar-refractivity contribution in [3.8, 4) is 0 Å². The van der Waals surface area contributed by atoms with Crippen molar-refractivity contribution in [1.29, 1.82) is 0 Å². The molecule has 1 atom stereocenters. The van der Waals surface area contributed by atoms with Gasteiger partial charge in [-0.1, -0.05) is 11.6 Å². The summed E-state index contributed by atoms with van der Waals surface area (Å²) in [5.74, 6) is 0.0400. The summed E-state index contributed by atoms with van der Waals surface area (Å²) in [4.78, 5) is 13.6. The molecule has 0 saturated carbocycles. The van der Waals surface area contributed by atoms with Crippen LogP contribution in [0.5, 0.6) is 0 Å². The van der Waals surface area contributed by atoms with E-state index in [2.05, 4.69) is 0 Å². The largest absolute Gasteiger partial charge is 0.383 e. The molecule has 3 nitrogen and oxygen atoms in total. The van der Waals surface area contributed by atoms with Crippen LogP contribution in [-0.4, -0.2) is 37.6 Å². The number of likely N-dealkylation sites (tertiary alicyclic amines) is 1. The van der Waals surface area contributed by atoms with Crippen molar-refractivity contribution < 1.29 is 13.9 Å². The number of ether oxygens (including phenoxy) is 1. The van der Waals surface area contributed by atoms with E-state index in [0.717, 1.165) is 5.56 Å². The molecule has 1 amide bonds. The quantitative estimate of drug-likeness (QED) is 0.832. The monoisotopic (exact) mass is 285 g/mol. The summed E-state index contributed by atoms with van der Waals surface area (Å²) in [5.41, 5.74) is 0.771. The van der Waals surface area contributed by atoms with E-state index in [1.165, 1.54) is 12.1 Å². The second kappa shape index (κ2) is 6.35. The number of rotatable bonds is 5. The first kappa shape index (κ1) is 14.3. The lowest BCUT2D eigenvalue weighted by atomic mass is 9.98. The van der Waals surface area contributed by atoms with Crippen molar-refractivity contribution in [2.45, 2.75) is 12.8 Å². The maximum absolute atomic E-state index is 13.2. The minimum atomic E-state index is -0.292. The van der Waals surface area contributed by atoms with Crippen molar-refractivity contribution in [3.63, 3.8) is 0 Å². The van der Waals surface area contributed by atoms with E-state index in [1.807, 2.05) is 0 Å². The zero-order valence-corrected chi connectivity index (χ0v) is 11.6. The normalized spacial score (nSPS) is 19.2. The topological polar surface area (TPSA) is 29.5 Å². The van der Waals surface area contributed by atoms with Crippen molar-refractivity contribution in [3.05, 3.63) is 34.6 Å². The van der Waals surface area contributed by atoms with Gasteiger partial charge in [0.15, 0.2) is 0 Å². The molecule has 1 saturated heterocycles. The molecule has 104 valence electrons. The van der Waals surface area contributed by atoms with Crippen LogP contribution < -0.4 is 0 Å². The highest BCUT2D eigenvalue weighted by Crippen LogP contribution is 2.26. The molecule has 0 spiro atoms. The molecule has 19 heavy (non-hydrogen) atoms. The van der Waals surface area contributed by atoms with E-state index < -0.39 is 0 Å². The van der Waals surface area contributed by atoms with Gasteiger partial charge in [0.25, 0.3) is 0 Å². The summed E-state index contributed by atoms with van der Waals surface area (Å²) in [5, 5.41) is 0.559. The molecule has 1 heterocycles. The average Bonchev–Trinajstić information content (AvgIpc) is 2.72. The third kappa shape index (κ3) is 3.67. The van der Waals surface area contributed by atoms with E-state index >= 15 is 0 Å². The number of amides is 1. The lowest BCUT2D eigenvalue weighted by molar-refractivity contribution is -0.128. The van der Waals surface area contributed by atoms with Gasteiger partial charge in [-0.3, -0.25) is 4.79 Å². The maximum atomic E-state index is 13.2. The van der Waals surface area contributed by atoms with Crippen molar-refractivity contribution in [2.75, 3.05) is 26.8 Å². The number of benzene rings is 1. The third-order valence-electron chi connectivity index (χ3n) is 3.38. The molecule has 1 aromatic carbocycles. The smallest absolute Gasteiger partial charge is 0.223 e. The molecule has 0 aliphatic carbocycles. The Morgan fingerprint density at radius 2 is 2.32 bits per heavy atom. The van der Waals surface area contributed by atoms with E-state index in [0.29, 0.717) is 37.6 Å². The maximum Gasteiger partial charge on any atom is 0.223 e. The summed E-state index contributed by atoms with van der Waals surface area (Å²) in [6.45, 7) is 1.84. The van der Waals surface area contributed by atoms with Gasteiger partial charge in [-0.2, -0.15) is 0 Å². The summed E-state index contributed by atoms with van der Waals surface area (Å²) < 4.78 is 18.2. The van der Waals surface area contributed by atoms with Crippen LogP contribution >= 0.6 is 11.6 Å². The number of carbonyl (C=O) groups is 1. The summed E-state index contributed by atoms with van der Waals surface area (Å²) in [6, 6.07) is 4.35. The fourth-order valence-corrected chi connectivity index (χ4v) is 2.61. The van der Waals surface area contributed by atoms with Crippen LogP contribution in [0.4, 0.5) is 4.39 Å². The van der Waals surface area contributed by atoms with Gasteiger partial charge >= 0.3 is 0 Å². The zero-order valence-electron chi connectivity index (χ0n) is 10.9. The van der Waals surface area contributed by atoms with Crippen LogP contribution in [0, 0.1) is 11.7 Å². The third-order valence-corrected chi connectivity index (χ3v) is 3.74. The average molecular weight is 286 g/mol. The van der Waals surface area contributed by atoms with Gasteiger partial charge in [-0.15, -0.1) is 0 Å². The van der Waals surface area contributed by atoms with Gasteiger partial charge in [-0.05, 0) is 36.1 Å². The highest BCUT2D eigenvalue weighted by Gasteiger charge is 2.29. The molecule has 2 rings (SSSR count). The molecule has 0 radical (unpaired) electrons. The van der Waals surface area contributed by atoms with Crippen molar-refractivity contribution in [1.82, 2.24) is 4.90 Å². The summed E-state index contributed by atoms with van der Waals surface area (Å²) in [7, 11) is 1.62. The second-order valence-electron chi connectivity index (χ2n) is 4.84. The van der Waals surface area contributed by atoms with Crippen LogP contribution in [0.25, 0.3) is 0 Å². The van der Waals surface area contributed by atoms with Gasteiger partial charge in [-0.25, -0.2) is 4.39 Å². The number of nitrogens with zero attached hydrogens (tertiary/aromatic N) is 1. The highest BCUT2D eigenvalue weighted by molar-refractivity contribution is 6.31. The van der Waals surface area contributed by atoms with Crippen LogP contribution in [0.15, 0.2) is 18.2 Å². The van der Waals surface area contributed by atoms with E-state index in [1.54, 1.807) is 18.1 Å². The molecule has 1 aromatic rings. The lowest BCUT2D eigenvalue weighted by Gasteiger charge is -2.16. The minimum Gasteiger partial charge on any atom is -0.383 e. The minimum absolute atomic E-state index is 0.134. The van der Waals surface area contributed by atoms with Crippen molar-refractivity contribution in [2.24, 2.45) is 5.92 Å². The van der Waals surface area contributed by atoms with Gasteiger partial charge < -0.3 is 9.64 Å². The van der Waals surface area contributed by atoms with Gasteiger partial charge in [0.2, 0.25) is 5.91 Å². The fraction of sp³-hybridized carbons (Fsp3) is 0.500. The van der Waals surface area contributed by atoms with Gasteiger partial charge in [0, 0.05) is 31.6 Å². The molecule has 0 N–H and O–H groups in total. The lowest BCUT2D eigenvalue weighted by Crippen LogP contribution is -2.28. The standard InChI is InChI=1S/C14H17ClFNO2/c1-19-5-4-17-9-10(7-14(17)18)6-11-8-12(16)2-3-13(11)15/h2-3,8,10H,4-7,9H2,1H3. The number of methoxy groups -OCH3 is 1. The molecular weight excluding hydrogens is 269 g/mol. The Morgan fingerprint density at radius 1 is 1.53 bits per heavy atom. The Labute approximate surface area is 117 Å². The van der Waals surface area contributed by atoms with E-state index in [9.17, 15) is 9.18 Å². The number of carbonyl (C=O) groups excluding carboxylic acids is 1. The Bertz CT molecular complexity index is 467. The molecule has 5 heteroatoms. The highest BCUT2D eigenvalue weighted by atomic mass is 35.5. The Morgan fingerprint density at radius 3 is 3.05 bits per heavy atom. The first-order valence-corrected chi connectivity index (χ1v) is 6.68. The van der Waals surface area contributed by atoms with Crippen LogP contribution in [0.3, 0.4) is 0 Å². The first-order valence-electron chi connectivity index (χ1n) is 6.30. The first-order chi connectivity index (χ1) is 9.10. The van der Waals surface area contributed by atoms with E-state index in [-0.39, 0.29) is 17.6 Å². The van der Waals surface area contributed by atoms with Crippen LogP contribution in [-0.2, 0) is 16.0 Å². The molecule has 0 aromatic heterocycles. The van der Waals surface area contributed by atoms with Crippen LogP contribution in [0.2, 0.25) is 5.02 Å². The molecule has 0 bridgehead atoms. The zero-order chi connectivity index (χ0) is 13.8. The number of hydrogen-bond donors (Lipinski definition) is 0.